The molecule has 0 N–H and O–H groups in total. The molecule has 0 unspecified atom stereocenters. The van der Waals surface area contributed by atoms with Gasteiger partial charge in [0, 0.05) is 12.1 Å². The summed E-state index contributed by atoms with van der Waals surface area (Å²) < 4.78 is 6.07. The number of aromatic nitrogens is 1. The zero-order chi connectivity index (χ0) is 8.10. The molecule has 0 saturated carbocycles. The highest BCUT2D eigenvalue weighted by Crippen LogP contribution is 1.82. The van der Waals surface area contributed by atoms with Crippen molar-refractivity contribution in [2.24, 2.45) is 0 Å². The van der Waals surface area contributed by atoms with Crippen LogP contribution in [0, 0.1) is 0 Å². The number of ether oxygens (including phenoxy) is 1. The zero-order valence-corrected chi connectivity index (χ0v) is 6.23. The van der Waals surface area contributed by atoms with Gasteiger partial charge in [-0.15, -0.1) is 0 Å². The zero-order valence-electron chi connectivity index (χ0n) is 6.23. The lowest BCUT2D eigenvalue weighted by Gasteiger charge is -2.03. The van der Waals surface area contributed by atoms with Gasteiger partial charge in [-0.05, 0) is 7.11 Å². The number of hydrogen-bond acceptors (Lipinski definition) is 2. The van der Waals surface area contributed by atoms with E-state index in [1.165, 1.54) is 13.3 Å². The molecule has 0 fully saturated rings. The van der Waals surface area contributed by atoms with E-state index in [0.29, 0.717) is 0 Å². The average molecular weight is 151 g/mol. The number of hydrogen-bond donors (Lipinski definition) is 0. The lowest BCUT2D eigenvalue weighted by atomic mass is 10.5. The monoisotopic (exact) mass is 151 g/mol. The van der Waals surface area contributed by atoms with Crippen LogP contribution in [0.4, 0.5) is 0 Å². The van der Waals surface area contributed by atoms with Gasteiger partial charge in [0.25, 0.3) is 0 Å². The minimum Gasteiger partial charge on any atom is -0.613 e. The Hall–Kier alpha value is -1.51. The van der Waals surface area contributed by atoms with Crippen LogP contribution in [-0.4, -0.2) is 7.11 Å². The van der Waals surface area contributed by atoms with Crippen LogP contribution in [0.2, 0.25) is 0 Å². The Morgan fingerprint density at radius 3 is 2.55 bits per heavy atom. The van der Waals surface area contributed by atoms with Crippen molar-refractivity contribution >= 4 is 6.20 Å². The van der Waals surface area contributed by atoms with Gasteiger partial charge in [0.05, 0.1) is 0 Å². The van der Waals surface area contributed by atoms with E-state index in [4.69, 9.17) is 0 Å². The first kappa shape index (κ1) is 7.60. The number of nitrogens with zero attached hydrogens (tertiary/aromatic N) is 1. The van der Waals surface area contributed by atoms with Gasteiger partial charge in [-0.3, -0.25) is 0 Å². The summed E-state index contributed by atoms with van der Waals surface area (Å²) in [4.78, 5) is 0. The maximum absolute atomic E-state index is 10.7. The molecular formula is C8H9NO2. The van der Waals surface area contributed by atoms with Crippen molar-refractivity contribution in [1.82, 2.24) is 0 Å². The van der Waals surface area contributed by atoms with E-state index in [-0.39, 0.29) is 5.95 Å². The fraction of sp³-hybridized carbons (Fsp3) is 0.125. The third kappa shape index (κ3) is 2.29. The molecule has 0 saturated heterocycles. The Morgan fingerprint density at radius 1 is 1.36 bits per heavy atom. The summed E-state index contributed by atoms with van der Waals surface area (Å²) in [7, 11) is 1.35. The third-order valence-electron chi connectivity index (χ3n) is 1.19. The minimum atomic E-state index is -0.360. The number of methoxy groups -OCH3 is 1. The molecule has 3 nitrogen and oxygen atoms in total. The minimum absolute atomic E-state index is 0.360. The van der Waals surface area contributed by atoms with Gasteiger partial charge >= 0.3 is 0 Å². The molecule has 1 heterocycles. The third-order valence-corrected chi connectivity index (χ3v) is 1.19. The van der Waals surface area contributed by atoms with Gasteiger partial charge in [0.15, 0.2) is 18.6 Å². The van der Waals surface area contributed by atoms with Crippen LogP contribution >= 0.6 is 0 Å². The van der Waals surface area contributed by atoms with Crippen LogP contribution in [0.5, 0.6) is 0 Å². The van der Waals surface area contributed by atoms with Crippen LogP contribution in [0.15, 0.2) is 36.5 Å². The standard InChI is InChI=1S/C8H9NO2/c1-11-8(10)7-9-5-3-2-4-6-9/h2-7H,1H3/b8-7+. The van der Waals surface area contributed by atoms with E-state index in [1.807, 2.05) is 18.2 Å². The molecule has 0 spiro atoms. The molecule has 0 radical (unpaired) electrons. The van der Waals surface area contributed by atoms with Gasteiger partial charge in [-0.2, -0.15) is 4.57 Å². The maximum Gasteiger partial charge on any atom is 0.196 e. The van der Waals surface area contributed by atoms with Crippen LogP contribution in [0.25, 0.3) is 6.20 Å². The largest absolute Gasteiger partial charge is 0.613 e. The first-order chi connectivity index (χ1) is 5.33. The summed E-state index contributed by atoms with van der Waals surface area (Å²) in [6, 6.07) is 5.54. The molecule has 0 aliphatic heterocycles. The number of rotatable bonds is 2. The molecule has 0 atom stereocenters. The molecule has 3 heteroatoms. The summed E-state index contributed by atoms with van der Waals surface area (Å²) in [6.45, 7) is 0. The van der Waals surface area contributed by atoms with E-state index < -0.39 is 0 Å². The predicted molar refractivity (Wildman–Crippen MR) is 37.9 cm³/mol. The molecule has 0 aliphatic rings. The molecule has 58 valence electrons. The van der Waals surface area contributed by atoms with Gasteiger partial charge < -0.3 is 9.84 Å². The van der Waals surface area contributed by atoms with Crippen molar-refractivity contribution in [3.63, 3.8) is 0 Å². The topological polar surface area (TPSA) is 36.2 Å². The van der Waals surface area contributed by atoms with E-state index in [2.05, 4.69) is 4.74 Å². The van der Waals surface area contributed by atoms with E-state index in [0.717, 1.165) is 0 Å². The fourth-order valence-corrected chi connectivity index (χ4v) is 0.672. The van der Waals surface area contributed by atoms with Crippen LogP contribution < -0.4 is 9.67 Å². The van der Waals surface area contributed by atoms with Gasteiger partial charge in [-0.25, -0.2) is 0 Å². The molecule has 0 bridgehead atoms. The lowest BCUT2D eigenvalue weighted by molar-refractivity contribution is -0.575. The number of pyridine rings is 1. The summed E-state index contributed by atoms with van der Waals surface area (Å²) in [5.41, 5.74) is 0. The fourth-order valence-electron chi connectivity index (χ4n) is 0.672. The highest BCUT2D eigenvalue weighted by molar-refractivity contribution is 5.05. The average Bonchev–Trinajstić information content (AvgIpc) is 2.06. The Morgan fingerprint density at radius 2 is 2.00 bits per heavy atom. The quantitative estimate of drug-likeness (QED) is 0.431. The molecule has 1 aromatic heterocycles. The highest BCUT2D eigenvalue weighted by Gasteiger charge is 1.89. The van der Waals surface area contributed by atoms with E-state index in [9.17, 15) is 5.11 Å². The summed E-state index contributed by atoms with van der Waals surface area (Å²) in [5.74, 6) is -0.360. The van der Waals surface area contributed by atoms with Crippen molar-refractivity contribution in [3.8, 4) is 0 Å². The first-order valence-electron chi connectivity index (χ1n) is 3.21. The van der Waals surface area contributed by atoms with Crippen LogP contribution in [0.3, 0.4) is 0 Å². The second-order valence-corrected chi connectivity index (χ2v) is 1.97. The normalized spacial score (nSPS) is 11.2. The second kappa shape index (κ2) is 3.61. The van der Waals surface area contributed by atoms with Crippen molar-refractivity contribution in [2.75, 3.05) is 7.11 Å². The Kier molecular flexibility index (Phi) is 2.49. The van der Waals surface area contributed by atoms with Crippen molar-refractivity contribution < 1.29 is 14.4 Å². The van der Waals surface area contributed by atoms with Crippen molar-refractivity contribution in [1.29, 1.82) is 0 Å². The maximum atomic E-state index is 10.7. The summed E-state index contributed by atoms with van der Waals surface area (Å²) in [6.07, 6.45) is 4.88. The van der Waals surface area contributed by atoms with Crippen LogP contribution in [-0.2, 0) is 4.74 Å². The molecule has 1 rings (SSSR count). The van der Waals surface area contributed by atoms with Crippen molar-refractivity contribution in [2.45, 2.75) is 0 Å². The summed E-state index contributed by atoms with van der Waals surface area (Å²) in [5, 5.41) is 10.7. The summed E-state index contributed by atoms with van der Waals surface area (Å²) >= 11 is 0. The van der Waals surface area contributed by atoms with Crippen molar-refractivity contribution in [3.05, 3.63) is 36.5 Å². The first-order valence-corrected chi connectivity index (χ1v) is 3.21. The Labute approximate surface area is 65.2 Å². The van der Waals surface area contributed by atoms with Gasteiger partial charge in [0.1, 0.15) is 5.95 Å². The molecular weight excluding hydrogens is 142 g/mol. The molecule has 1 aromatic rings. The predicted octanol–water partition coefficient (Wildman–Crippen LogP) is -0.263. The smallest absolute Gasteiger partial charge is 0.196 e. The van der Waals surface area contributed by atoms with E-state index >= 15 is 0 Å². The Balaban J connectivity index is 2.79. The molecule has 0 aromatic carbocycles. The molecule has 0 aliphatic carbocycles. The Bertz CT molecular complexity index is 244. The van der Waals surface area contributed by atoms with Gasteiger partial charge in [0.2, 0.25) is 0 Å². The second-order valence-electron chi connectivity index (χ2n) is 1.97. The van der Waals surface area contributed by atoms with E-state index in [1.54, 1.807) is 17.0 Å². The van der Waals surface area contributed by atoms with Gasteiger partial charge in [-0.1, -0.05) is 6.07 Å². The SMILES string of the molecule is CO/C([O-])=C/[n+]1ccccc1. The van der Waals surface area contributed by atoms with Crippen LogP contribution in [0.1, 0.15) is 0 Å². The molecule has 11 heavy (non-hydrogen) atoms. The molecule has 0 amide bonds. The highest BCUT2D eigenvalue weighted by atomic mass is 16.6. The lowest BCUT2D eigenvalue weighted by Crippen LogP contribution is -2.27.